The van der Waals surface area contributed by atoms with Gasteiger partial charge in [0.2, 0.25) is 0 Å². The second kappa shape index (κ2) is 16.2. The number of hydrogen-bond donors (Lipinski definition) is 0. The molecule has 4 saturated carbocycles. The van der Waals surface area contributed by atoms with E-state index in [-0.39, 0.29) is 18.2 Å². The lowest BCUT2D eigenvalue weighted by Crippen LogP contribution is -2.60. The number of piperazine rings is 1. The molecule has 0 bridgehead atoms. The van der Waals surface area contributed by atoms with E-state index in [2.05, 4.69) is 49.0 Å². The number of fused-ring (bicyclic) bond motifs is 8. The summed E-state index contributed by atoms with van der Waals surface area (Å²) in [6.45, 7) is 11.5. The smallest absolute Gasteiger partial charge is 0.343 e. The number of ether oxygens (including phenoxy) is 4. The predicted octanol–water partition coefficient (Wildman–Crippen LogP) is 9.47. The molecule has 6 aliphatic rings. The van der Waals surface area contributed by atoms with Crippen molar-refractivity contribution in [2.45, 2.75) is 110 Å². The molecular weight excluding hydrogens is 661 g/mol. The number of nitrogens with zero attached hydrogens (tertiary/aromatic N) is 2. The fourth-order valence-electron chi connectivity index (χ4n) is 11.6. The number of rotatable bonds is 11. The summed E-state index contributed by atoms with van der Waals surface area (Å²) in [6, 6.07) is 15.7. The Balaban J connectivity index is 0.882. The summed E-state index contributed by atoms with van der Waals surface area (Å²) < 4.78 is 24.6. The van der Waals surface area contributed by atoms with Crippen molar-refractivity contribution < 1.29 is 23.7 Å². The van der Waals surface area contributed by atoms with Crippen LogP contribution in [0, 0.1) is 35.5 Å². The van der Waals surface area contributed by atoms with Crippen LogP contribution in [0.3, 0.4) is 0 Å². The van der Waals surface area contributed by atoms with E-state index in [1.54, 1.807) is 17.7 Å². The van der Waals surface area contributed by atoms with Gasteiger partial charge >= 0.3 is 5.97 Å². The molecule has 2 heterocycles. The molecule has 9 unspecified atom stereocenters. The van der Waals surface area contributed by atoms with Crippen LogP contribution in [0.1, 0.15) is 102 Å². The Labute approximate surface area is 318 Å². The lowest BCUT2D eigenvalue weighted by Gasteiger charge is -2.56. The van der Waals surface area contributed by atoms with Gasteiger partial charge in [-0.05, 0) is 141 Å². The zero-order chi connectivity index (χ0) is 36.5. The van der Waals surface area contributed by atoms with Crippen molar-refractivity contribution >= 4 is 11.7 Å². The third-order valence-electron chi connectivity index (χ3n) is 14.3. The number of unbranched alkanes of at least 4 members (excludes halogenated alkanes) is 3. The van der Waals surface area contributed by atoms with Crippen molar-refractivity contribution in [2.75, 3.05) is 44.8 Å². The zero-order valence-electron chi connectivity index (χ0n) is 32.6. The lowest BCUT2D eigenvalue weighted by atomic mass is 9.55. The molecular formula is C46H62N2O5. The first kappa shape index (κ1) is 36.7. The molecule has 2 aromatic carbocycles. The average molecular weight is 723 g/mol. The molecule has 2 aromatic rings. The van der Waals surface area contributed by atoms with E-state index >= 15 is 0 Å². The summed E-state index contributed by atoms with van der Waals surface area (Å²) in [5, 5.41) is 0. The molecule has 7 heteroatoms. The molecule has 0 spiro atoms. The SMILES string of the molecule is CCCCCCOc1ccc(C(=O)Oc2ccc(N3CCN(C4CC5C(CC4OC)C4OC=C(C)C(C)=C4C4CC6CCCCC6C45)CC3)cc2)cc1. The highest BCUT2D eigenvalue weighted by molar-refractivity contribution is 5.91. The molecule has 2 aliphatic heterocycles. The van der Waals surface area contributed by atoms with Gasteiger partial charge in [-0.2, -0.15) is 0 Å². The summed E-state index contributed by atoms with van der Waals surface area (Å²) in [5.74, 6) is 5.53. The van der Waals surface area contributed by atoms with Crippen LogP contribution in [0.25, 0.3) is 0 Å². The number of carbonyl (C=O) groups excluding carboxylic acids is 1. The van der Waals surface area contributed by atoms with Crippen LogP contribution in [-0.4, -0.2) is 69.0 Å². The number of esters is 1. The van der Waals surface area contributed by atoms with Gasteiger partial charge in [-0.1, -0.05) is 45.4 Å². The van der Waals surface area contributed by atoms with Crippen LogP contribution in [0.5, 0.6) is 11.5 Å². The van der Waals surface area contributed by atoms with E-state index in [4.69, 9.17) is 18.9 Å². The Morgan fingerprint density at radius 2 is 1.58 bits per heavy atom. The van der Waals surface area contributed by atoms with Crippen LogP contribution in [0.15, 0.2) is 71.5 Å². The molecule has 0 amide bonds. The van der Waals surface area contributed by atoms with Crippen molar-refractivity contribution in [2.24, 2.45) is 35.5 Å². The molecule has 7 nitrogen and oxygen atoms in total. The standard InChI is InChI=1S/C46H62N2O5/c1-5-6-7-10-25-51-35-17-13-32(14-18-35)46(49)53-36-19-15-34(16-20-36)47-21-23-48(24-22-47)41-27-38-39(28-42(41)50-4)45-43(31(3)30(2)29-52-45)40-26-33-11-8-9-12-37(33)44(38)40/h13-20,29,33,37-42,44-45H,5-12,21-28H2,1-4H3. The molecule has 0 aromatic heterocycles. The minimum atomic E-state index is -0.354. The molecule has 53 heavy (non-hydrogen) atoms. The highest BCUT2D eigenvalue weighted by Gasteiger charge is 2.60. The van der Waals surface area contributed by atoms with Crippen LogP contribution >= 0.6 is 0 Å². The first-order valence-electron chi connectivity index (χ1n) is 21.0. The topological polar surface area (TPSA) is 60.5 Å². The van der Waals surface area contributed by atoms with Gasteiger partial charge in [-0.25, -0.2) is 4.79 Å². The molecule has 0 N–H and O–H groups in total. The van der Waals surface area contributed by atoms with Crippen molar-refractivity contribution in [3.8, 4) is 11.5 Å². The second-order valence-corrected chi connectivity index (χ2v) is 17.0. The van der Waals surface area contributed by atoms with Gasteiger partial charge in [0, 0.05) is 50.9 Å². The summed E-state index contributed by atoms with van der Waals surface area (Å²) in [6.07, 6.45) is 16.6. The Morgan fingerprint density at radius 1 is 0.830 bits per heavy atom. The van der Waals surface area contributed by atoms with Crippen molar-refractivity contribution in [3.63, 3.8) is 0 Å². The Hall–Kier alpha value is -3.29. The van der Waals surface area contributed by atoms with E-state index in [0.29, 0.717) is 41.7 Å². The summed E-state index contributed by atoms with van der Waals surface area (Å²) in [4.78, 5) is 18.1. The van der Waals surface area contributed by atoms with Gasteiger partial charge in [0.1, 0.15) is 17.6 Å². The molecule has 4 aliphatic carbocycles. The summed E-state index contributed by atoms with van der Waals surface area (Å²) >= 11 is 0. The van der Waals surface area contributed by atoms with Crippen LogP contribution in [-0.2, 0) is 9.47 Å². The van der Waals surface area contributed by atoms with E-state index in [1.165, 1.54) is 74.6 Å². The minimum Gasteiger partial charge on any atom is -0.494 e. The first-order valence-corrected chi connectivity index (χ1v) is 21.0. The Kier molecular flexibility index (Phi) is 11.2. The maximum absolute atomic E-state index is 12.9. The number of benzene rings is 2. The van der Waals surface area contributed by atoms with Crippen molar-refractivity contribution in [1.82, 2.24) is 4.90 Å². The fourth-order valence-corrected chi connectivity index (χ4v) is 11.6. The summed E-state index contributed by atoms with van der Waals surface area (Å²) in [7, 11) is 1.94. The van der Waals surface area contributed by atoms with Crippen molar-refractivity contribution in [3.05, 3.63) is 77.1 Å². The highest BCUT2D eigenvalue weighted by Crippen LogP contribution is 2.63. The second-order valence-electron chi connectivity index (χ2n) is 17.0. The quantitative estimate of drug-likeness (QED) is 0.130. The molecule has 1 saturated heterocycles. The van der Waals surface area contributed by atoms with Gasteiger partial charge in [-0.15, -0.1) is 0 Å². The predicted molar refractivity (Wildman–Crippen MR) is 210 cm³/mol. The third-order valence-corrected chi connectivity index (χ3v) is 14.3. The third kappa shape index (κ3) is 7.42. The van der Waals surface area contributed by atoms with Crippen molar-refractivity contribution in [1.29, 1.82) is 0 Å². The minimum absolute atomic E-state index is 0.229. The lowest BCUT2D eigenvalue weighted by molar-refractivity contribution is -0.105. The molecule has 5 fully saturated rings. The van der Waals surface area contributed by atoms with Crippen LogP contribution in [0.4, 0.5) is 5.69 Å². The van der Waals surface area contributed by atoms with Gasteiger partial charge < -0.3 is 23.8 Å². The van der Waals surface area contributed by atoms with Crippen LogP contribution in [0.2, 0.25) is 0 Å². The molecule has 8 rings (SSSR count). The van der Waals surface area contributed by atoms with Gasteiger partial charge in [0.05, 0.1) is 24.5 Å². The largest absolute Gasteiger partial charge is 0.494 e. The zero-order valence-corrected chi connectivity index (χ0v) is 32.6. The number of allylic oxidation sites excluding steroid dienone is 2. The molecule has 286 valence electrons. The Bertz CT molecular complexity index is 1630. The van der Waals surface area contributed by atoms with Crippen LogP contribution < -0.4 is 14.4 Å². The summed E-state index contributed by atoms with van der Waals surface area (Å²) in [5.41, 5.74) is 6.21. The maximum atomic E-state index is 12.9. The van der Waals surface area contributed by atoms with Gasteiger partial charge in [0.25, 0.3) is 0 Å². The number of anilines is 1. The van der Waals surface area contributed by atoms with Gasteiger partial charge in [-0.3, -0.25) is 4.90 Å². The van der Waals surface area contributed by atoms with Gasteiger partial charge in [0.15, 0.2) is 0 Å². The van der Waals surface area contributed by atoms with E-state index in [1.807, 2.05) is 31.4 Å². The molecule has 0 radical (unpaired) electrons. The number of hydrogen-bond acceptors (Lipinski definition) is 7. The monoisotopic (exact) mass is 722 g/mol. The highest BCUT2D eigenvalue weighted by atomic mass is 16.5. The first-order chi connectivity index (χ1) is 25.9. The normalized spacial score (nSPS) is 32.5. The van der Waals surface area contributed by atoms with E-state index in [9.17, 15) is 4.79 Å². The maximum Gasteiger partial charge on any atom is 0.343 e. The Morgan fingerprint density at radius 3 is 2.34 bits per heavy atom. The number of methoxy groups -OCH3 is 1. The molecule has 9 atom stereocenters. The van der Waals surface area contributed by atoms with E-state index < -0.39 is 0 Å². The van der Waals surface area contributed by atoms with E-state index in [0.717, 1.165) is 62.5 Å². The number of carbonyl (C=O) groups is 1. The fraction of sp³-hybridized carbons (Fsp3) is 0.630. The average Bonchev–Trinajstić information content (AvgIpc) is 3.59.